The molecule has 1 aromatic heterocycles. The Labute approximate surface area is 269 Å². The highest BCUT2D eigenvalue weighted by Crippen LogP contribution is 2.48. The molecule has 228 valence electrons. The lowest BCUT2D eigenvalue weighted by Gasteiger charge is -2.30. The predicted octanol–water partition coefficient (Wildman–Crippen LogP) is 8.55. The second-order valence-corrected chi connectivity index (χ2v) is 15.8. The summed E-state index contributed by atoms with van der Waals surface area (Å²) in [6.07, 6.45) is 11.8. The lowest BCUT2D eigenvalue weighted by Crippen LogP contribution is -2.29. The van der Waals surface area contributed by atoms with E-state index < -0.39 is 9.84 Å². The second-order valence-electron chi connectivity index (χ2n) is 12.0. The third-order valence-electron chi connectivity index (χ3n) is 8.71. The maximum absolute atomic E-state index is 14.1. The molecular formula is C34H41BrN4O2S2. The molecule has 0 bridgehead atoms. The van der Waals surface area contributed by atoms with E-state index in [0.29, 0.717) is 18.2 Å². The number of benzene rings is 1. The van der Waals surface area contributed by atoms with Gasteiger partial charge in [-0.1, -0.05) is 84.8 Å². The van der Waals surface area contributed by atoms with Crippen molar-refractivity contribution in [2.24, 2.45) is 17.6 Å². The zero-order valence-electron chi connectivity index (χ0n) is 25.5. The van der Waals surface area contributed by atoms with Gasteiger partial charge in [0.15, 0.2) is 0 Å². The van der Waals surface area contributed by atoms with Crippen molar-refractivity contribution in [2.75, 3.05) is 0 Å². The highest BCUT2D eigenvalue weighted by molar-refractivity contribution is 9.10. The minimum absolute atomic E-state index is 0.0446. The third kappa shape index (κ3) is 6.66. The number of fused-ring (bicyclic) bond motifs is 1. The fourth-order valence-electron chi connectivity index (χ4n) is 5.95. The van der Waals surface area contributed by atoms with Crippen LogP contribution >= 0.6 is 27.7 Å². The van der Waals surface area contributed by atoms with Crippen LogP contribution in [-0.2, 0) is 16.3 Å². The highest BCUT2D eigenvalue weighted by atomic mass is 79.9. The molecule has 1 fully saturated rings. The average Bonchev–Trinajstić information content (AvgIpc) is 3.40. The summed E-state index contributed by atoms with van der Waals surface area (Å²) >= 11 is 5.00. The van der Waals surface area contributed by atoms with Crippen LogP contribution in [0.2, 0.25) is 0 Å². The van der Waals surface area contributed by atoms with Crippen molar-refractivity contribution < 1.29 is 8.42 Å². The lowest BCUT2D eigenvalue weighted by atomic mass is 9.84. The van der Waals surface area contributed by atoms with Crippen LogP contribution < -0.4 is 5.73 Å². The largest absolute Gasteiger partial charge is 0.324 e. The topological polar surface area (TPSA) is 90.9 Å². The molecule has 1 aliphatic heterocycles. The van der Waals surface area contributed by atoms with Crippen LogP contribution in [0.15, 0.2) is 96.0 Å². The van der Waals surface area contributed by atoms with Gasteiger partial charge < -0.3 is 5.73 Å². The first-order valence-electron chi connectivity index (χ1n) is 15.2. The van der Waals surface area contributed by atoms with Crippen LogP contribution in [0.1, 0.15) is 78.5 Å². The van der Waals surface area contributed by atoms with Crippen molar-refractivity contribution in [2.45, 2.75) is 95.2 Å². The van der Waals surface area contributed by atoms with Gasteiger partial charge >= 0.3 is 0 Å². The second kappa shape index (κ2) is 13.3. The lowest BCUT2D eigenvalue weighted by molar-refractivity contribution is 0.545. The zero-order valence-corrected chi connectivity index (χ0v) is 28.7. The van der Waals surface area contributed by atoms with E-state index in [2.05, 4.69) is 71.4 Å². The number of thioether (sulfide) groups is 1. The number of nitrogens with two attached hydrogens (primary N) is 1. The van der Waals surface area contributed by atoms with Crippen molar-refractivity contribution >= 4 is 42.6 Å². The first kappa shape index (κ1) is 32.0. The van der Waals surface area contributed by atoms with Gasteiger partial charge in [0.2, 0.25) is 9.84 Å². The van der Waals surface area contributed by atoms with Crippen molar-refractivity contribution in [3.8, 4) is 0 Å². The average molecular weight is 682 g/mol. The highest BCUT2D eigenvalue weighted by Gasteiger charge is 2.34. The van der Waals surface area contributed by atoms with Crippen molar-refractivity contribution in [1.29, 1.82) is 0 Å². The molecule has 0 spiro atoms. The molecule has 0 amide bonds. The summed E-state index contributed by atoms with van der Waals surface area (Å²) in [7, 11) is -3.97. The Bertz CT molecular complexity index is 1690. The summed E-state index contributed by atoms with van der Waals surface area (Å²) in [6.45, 7) is 12.7. The van der Waals surface area contributed by atoms with Gasteiger partial charge in [-0.2, -0.15) is 0 Å². The van der Waals surface area contributed by atoms with E-state index in [0.717, 1.165) is 81.6 Å². The number of sulfone groups is 1. The number of halogens is 1. The van der Waals surface area contributed by atoms with Gasteiger partial charge in [0, 0.05) is 22.5 Å². The summed E-state index contributed by atoms with van der Waals surface area (Å²) in [5.41, 5.74) is 16.2. The van der Waals surface area contributed by atoms with E-state index in [1.54, 1.807) is 36.0 Å². The van der Waals surface area contributed by atoms with Gasteiger partial charge in [0.1, 0.15) is 5.82 Å². The van der Waals surface area contributed by atoms with Gasteiger partial charge in [0.05, 0.1) is 14.8 Å². The smallest absolute Gasteiger partial charge is 0.259 e. The number of rotatable bonds is 10. The summed E-state index contributed by atoms with van der Waals surface area (Å²) in [4.78, 5) is 1.19. The number of hydrogen-bond acceptors (Lipinski definition) is 6. The van der Waals surface area contributed by atoms with Gasteiger partial charge in [-0.15, -0.1) is 15.9 Å². The molecule has 2 heterocycles. The molecule has 6 nitrogen and oxygen atoms in total. The van der Waals surface area contributed by atoms with Crippen LogP contribution in [0.25, 0.3) is 5.03 Å². The summed E-state index contributed by atoms with van der Waals surface area (Å²) in [5, 5.41) is 9.69. The molecule has 3 unspecified atom stereocenters. The molecule has 2 aromatic rings. The fourth-order valence-corrected chi connectivity index (χ4v) is 8.84. The van der Waals surface area contributed by atoms with E-state index in [-0.39, 0.29) is 22.0 Å². The van der Waals surface area contributed by atoms with Crippen LogP contribution in [0.3, 0.4) is 0 Å². The normalized spacial score (nSPS) is 20.5. The Morgan fingerprint density at radius 2 is 1.91 bits per heavy atom. The Morgan fingerprint density at radius 1 is 1.19 bits per heavy atom. The molecule has 5 rings (SSSR count). The Kier molecular flexibility index (Phi) is 9.89. The minimum atomic E-state index is -3.97. The number of hydrogen-bond donors (Lipinski definition) is 1. The van der Waals surface area contributed by atoms with Crippen LogP contribution in [0.5, 0.6) is 0 Å². The molecule has 2 aliphatic carbocycles. The van der Waals surface area contributed by atoms with Gasteiger partial charge in [0.25, 0.3) is 5.16 Å². The maximum Gasteiger partial charge on any atom is 0.259 e. The first-order valence-corrected chi connectivity index (χ1v) is 18.3. The summed E-state index contributed by atoms with van der Waals surface area (Å²) in [6, 6.07) is 6.64. The number of nitrogens with zero attached hydrogens (tertiary/aromatic N) is 3. The van der Waals surface area contributed by atoms with Crippen molar-refractivity contribution in [3.05, 3.63) is 91.8 Å². The van der Waals surface area contributed by atoms with E-state index in [1.165, 1.54) is 5.57 Å². The zero-order chi connectivity index (χ0) is 30.9. The molecular weight excluding hydrogens is 640 g/mol. The minimum Gasteiger partial charge on any atom is -0.324 e. The molecule has 43 heavy (non-hydrogen) atoms. The van der Waals surface area contributed by atoms with E-state index in [9.17, 15) is 8.42 Å². The summed E-state index contributed by atoms with van der Waals surface area (Å²) in [5.74, 6) is 1.18. The van der Waals surface area contributed by atoms with Crippen LogP contribution in [-0.4, -0.2) is 29.2 Å². The van der Waals surface area contributed by atoms with Crippen molar-refractivity contribution in [1.82, 2.24) is 14.8 Å². The SMILES string of the molecule is C=C(C)C(C)Cc1nnc(S(=O)(=O)c2ccc(Br)cc2)n1C1=C2CCCCC2=C=C(C2=CC=C(C(C)CCC)C(N)C2)S1. The fraction of sp³-hybridized carbons (Fsp3) is 0.441. The molecule has 3 aliphatic rings. The molecule has 1 aromatic carbocycles. The summed E-state index contributed by atoms with van der Waals surface area (Å²) < 4.78 is 30.9. The van der Waals surface area contributed by atoms with E-state index in [1.807, 2.05) is 11.5 Å². The predicted molar refractivity (Wildman–Crippen MR) is 180 cm³/mol. The van der Waals surface area contributed by atoms with E-state index >= 15 is 0 Å². The Balaban J connectivity index is 1.64. The quantitative estimate of drug-likeness (QED) is 0.200. The third-order valence-corrected chi connectivity index (χ3v) is 12.1. The monoisotopic (exact) mass is 680 g/mol. The Hall–Kier alpha value is -2.42. The number of allylic oxidation sites excluding steroid dienone is 5. The first-order chi connectivity index (χ1) is 20.5. The Morgan fingerprint density at radius 3 is 2.58 bits per heavy atom. The molecule has 0 saturated heterocycles. The molecule has 0 radical (unpaired) electrons. The van der Waals surface area contributed by atoms with Crippen molar-refractivity contribution in [3.63, 3.8) is 0 Å². The molecule has 1 saturated carbocycles. The van der Waals surface area contributed by atoms with Gasteiger partial charge in [-0.3, -0.25) is 4.57 Å². The number of aromatic nitrogens is 3. The standard InChI is InChI=1S/C34H41BrN4O2S2/c1-6-9-22(4)28-17-12-25(19-30(28)36)31-20-24-10-7-8-11-29(24)33(42-31)39-32(18-23(5)21(2)3)37-38-34(39)43(40,41)27-15-13-26(35)14-16-27/h12-17,22-23,30H,2,6-11,18-19,36H2,1,3-5H3. The maximum atomic E-state index is 14.1. The van der Waals surface area contributed by atoms with Gasteiger partial charge in [-0.05, 0) is 92.7 Å². The van der Waals surface area contributed by atoms with Gasteiger partial charge in [-0.25, -0.2) is 8.42 Å². The van der Waals surface area contributed by atoms with Crippen LogP contribution in [0, 0.1) is 11.8 Å². The molecule has 3 atom stereocenters. The molecule has 2 N–H and O–H groups in total. The molecule has 9 heteroatoms. The van der Waals surface area contributed by atoms with E-state index in [4.69, 9.17) is 5.73 Å². The van der Waals surface area contributed by atoms with Crippen LogP contribution in [0.4, 0.5) is 0 Å².